The van der Waals surface area contributed by atoms with Crippen LogP contribution in [0.5, 0.6) is 0 Å². The van der Waals surface area contributed by atoms with Crippen molar-refractivity contribution < 1.29 is 8.83 Å². The summed E-state index contributed by atoms with van der Waals surface area (Å²) in [6.45, 7) is 0. The van der Waals surface area contributed by atoms with Gasteiger partial charge in [0.1, 0.15) is 11.0 Å². The minimum absolute atomic E-state index is 0.559. The summed E-state index contributed by atoms with van der Waals surface area (Å²) >= 11 is 0. The number of nitrogens with zero attached hydrogens (tertiary/aromatic N) is 3. The molecule has 180 valence electrons. The molecule has 0 amide bonds. The molecule has 0 unspecified atom stereocenters. The van der Waals surface area contributed by atoms with Gasteiger partial charge in [-0.1, -0.05) is 60.7 Å². The molecular weight excluding hydrogens is 470 g/mol. The van der Waals surface area contributed by atoms with Crippen LogP contribution in [0.4, 0.5) is 17.1 Å². The average molecular weight is 492 g/mol. The van der Waals surface area contributed by atoms with Crippen LogP contribution in [0.25, 0.3) is 45.1 Å². The number of para-hydroxylation sites is 6. The Kier molecular flexibility index (Phi) is 4.52. The predicted octanol–water partition coefficient (Wildman–Crippen LogP) is 8.68. The quantitative estimate of drug-likeness (QED) is 0.247. The van der Waals surface area contributed by atoms with E-state index in [2.05, 4.69) is 65.6 Å². The van der Waals surface area contributed by atoms with Gasteiger partial charge >= 0.3 is 0 Å². The largest absolute Gasteiger partial charge is 0.436 e. The van der Waals surface area contributed by atoms with Crippen LogP contribution in [0.2, 0.25) is 0 Å². The first-order valence-corrected chi connectivity index (χ1v) is 12.6. The van der Waals surface area contributed by atoms with Crippen molar-refractivity contribution >= 4 is 39.3 Å². The number of aromatic nitrogens is 2. The van der Waals surface area contributed by atoms with Crippen molar-refractivity contribution in [3.8, 4) is 22.9 Å². The van der Waals surface area contributed by atoms with Crippen LogP contribution in [-0.2, 0) is 6.42 Å². The zero-order valence-corrected chi connectivity index (χ0v) is 20.3. The van der Waals surface area contributed by atoms with Gasteiger partial charge in [0, 0.05) is 34.6 Å². The van der Waals surface area contributed by atoms with E-state index in [-0.39, 0.29) is 0 Å². The van der Waals surface area contributed by atoms with E-state index in [0.717, 1.165) is 56.8 Å². The molecule has 0 saturated heterocycles. The fourth-order valence-corrected chi connectivity index (χ4v) is 5.35. The van der Waals surface area contributed by atoms with E-state index in [1.54, 1.807) is 0 Å². The molecule has 8 rings (SSSR count). The molecule has 7 aromatic rings. The van der Waals surface area contributed by atoms with Gasteiger partial charge in [-0.25, -0.2) is 9.97 Å². The van der Waals surface area contributed by atoms with Gasteiger partial charge in [0.05, 0.1) is 0 Å². The van der Waals surface area contributed by atoms with E-state index in [1.165, 1.54) is 11.1 Å². The lowest BCUT2D eigenvalue weighted by Gasteiger charge is -2.33. The molecule has 3 heterocycles. The second kappa shape index (κ2) is 8.18. The summed E-state index contributed by atoms with van der Waals surface area (Å²) in [5.41, 5.74) is 10.7. The van der Waals surface area contributed by atoms with E-state index in [1.807, 2.05) is 54.6 Å². The monoisotopic (exact) mass is 491 g/mol. The zero-order valence-electron chi connectivity index (χ0n) is 20.3. The third-order valence-electron chi connectivity index (χ3n) is 7.10. The standard InChI is InChI=1S/C33H21N3O2/c1-5-13-28-21(9-1)17-22-10-2-6-14-29(22)36(28)25-19-23(32-34-26-11-3-7-15-30(26)37-32)18-24(20-25)33-35-27-12-4-8-16-31(27)38-33/h1-16,18-20H,17H2. The van der Waals surface area contributed by atoms with Gasteiger partial charge in [-0.15, -0.1) is 0 Å². The zero-order chi connectivity index (χ0) is 25.1. The molecule has 2 aromatic heterocycles. The molecular formula is C33H21N3O2. The Balaban J connectivity index is 1.39. The first kappa shape index (κ1) is 21.0. The highest BCUT2D eigenvalue weighted by molar-refractivity contribution is 5.88. The molecule has 0 atom stereocenters. The summed E-state index contributed by atoms with van der Waals surface area (Å²) < 4.78 is 12.4. The highest BCUT2D eigenvalue weighted by Crippen LogP contribution is 2.45. The summed E-state index contributed by atoms with van der Waals surface area (Å²) in [5.74, 6) is 1.12. The minimum atomic E-state index is 0.559. The summed E-state index contributed by atoms with van der Waals surface area (Å²) in [5, 5.41) is 0. The maximum Gasteiger partial charge on any atom is 0.227 e. The van der Waals surface area contributed by atoms with Crippen molar-refractivity contribution in [1.29, 1.82) is 0 Å². The Morgan fingerprint density at radius 2 is 1.00 bits per heavy atom. The number of rotatable bonds is 3. The van der Waals surface area contributed by atoms with E-state index in [0.29, 0.717) is 11.8 Å². The Hall–Kier alpha value is -5.16. The molecule has 0 spiro atoms. The highest BCUT2D eigenvalue weighted by atomic mass is 16.4. The van der Waals surface area contributed by atoms with Crippen molar-refractivity contribution in [3.05, 3.63) is 126 Å². The average Bonchev–Trinajstić information content (AvgIpc) is 3.60. The normalized spacial score (nSPS) is 12.6. The van der Waals surface area contributed by atoms with E-state index >= 15 is 0 Å². The second-order valence-corrected chi connectivity index (χ2v) is 9.51. The molecule has 5 heteroatoms. The summed E-state index contributed by atoms with van der Waals surface area (Å²) in [4.78, 5) is 11.9. The molecule has 0 saturated carbocycles. The van der Waals surface area contributed by atoms with Crippen LogP contribution in [0, 0.1) is 0 Å². The van der Waals surface area contributed by atoms with Crippen LogP contribution in [0.1, 0.15) is 11.1 Å². The Morgan fingerprint density at radius 3 is 1.53 bits per heavy atom. The molecule has 0 aliphatic carbocycles. The fraction of sp³-hybridized carbons (Fsp3) is 0.0303. The van der Waals surface area contributed by atoms with Crippen molar-refractivity contribution in [2.24, 2.45) is 0 Å². The topological polar surface area (TPSA) is 55.3 Å². The molecule has 1 aliphatic heterocycles. The molecule has 1 aliphatic rings. The number of anilines is 3. The van der Waals surface area contributed by atoms with Crippen LogP contribution in [0.3, 0.4) is 0 Å². The molecule has 0 N–H and O–H groups in total. The van der Waals surface area contributed by atoms with Crippen molar-refractivity contribution in [2.75, 3.05) is 4.90 Å². The number of benzene rings is 5. The van der Waals surface area contributed by atoms with Gasteiger partial charge in [-0.2, -0.15) is 0 Å². The molecule has 5 nitrogen and oxygen atoms in total. The Labute approximate surface area is 218 Å². The van der Waals surface area contributed by atoms with Crippen molar-refractivity contribution in [1.82, 2.24) is 9.97 Å². The molecule has 0 bridgehead atoms. The van der Waals surface area contributed by atoms with E-state index in [9.17, 15) is 0 Å². The van der Waals surface area contributed by atoms with Crippen LogP contribution in [-0.4, -0.2) is 9.97 Å². The SMILES string of the molecule is c1ccc2c(c1)Cc1ccccc1N2c1cc(-c2nc3ccccc3o2)cc(-c2nc3ccccc3o2)c1. The lowest BCUT2D eigenvalue weighted by Crippen LogP contribution is -2.18. The van der Waals surface area contributed by atoms with Crippen molar-refractivity contribution in [3.63, 3.8) is 0 Å². The van der Waals surface area contributed by atoms with Crippen molar-refractivity contribution in [2.45, 2.75) is 6.42 Å². The smallest absolute Gasteiger partial charge is 0.227 e. The third-order valence-corrected chi connectivity index (χ3v) is 7.10. The van der Waals surface area contributed by atoms with Gasteiger partial charge in [0.2, 0.25) is 11.8 Å². The highest BCUT2D eigenvalue weighted by Gasteiger charge is 2.25. The number of hydrogen-bond donors (Lipinski definition) is 0. The number of fused-ring (bicyclic) bond motifs is 4. The molecule has 5 aromatic carbocycles. The first-order valence-electron chi connectivity index (χ1n) is 12.6. The van der Waals surface area contributed by atoms with Crippen LogP contribution in [0.15, 0.2) is 124 Å². The lowest BCUT2D eigenvalue weighted by molar-refractivity contribution is 0.617. The van der Waals surface area contributed by atoms with Gasteiger partial charge in [0.15, 0.2) is 11.2 Å². The Bertz CT molecular complexity index is 1780. The number of hydrogen-bond acceptors (Lipinski definition) is 5. The molecule has 0 radical (unpaired) electrons. The summed E-state index contributed by atoms with van der Waals surface area (Å²) in [6, 6.07) is 39.1. The van der Waals surface area contributed by atoms with Crippen LogP contribution >= 0.6 is 0 Å². The van der Waals surface area contributed by atoms with Crippen LogP contribution < -0.4 is 4.90 Å². The summed E-state index contributed by atoms with van der Waals surface area (Å²) in [6.07, 6.45) is 0.894. The fourth-order valence-electron chi connectivity index (χ4n) is 5.35. The number of oxazole rings is 2. The van der Waals surface area contributed by atoms with Gasteiger partial charge in [0.25, 0.3) is 0 Å². The molecule has 0 fully saturated rings. The van der Waals surface area contributed by atoms with Gasteiger partial charge in [-0.3, -0.25) is 0 Å². The van der Waals surface area contributed by atoms with Gasteiger partial charge < -0.3 is 13.7 Å². The lowest BCUT2D eigenvalue weighted by atomic mass is 9.94. The third kappa shape index (κ3) is 3.33. The van der Waals surface area contributed by atoms with E-state index < -0.39 is 0 Å². The minimum Gasteiger partial charge on any atom is -0.436 e. The maximum atomic E-state index is 6.20. The predicted molar refractivity (Wildman–Crippen MR) is 150 cm³/mol. The first-order chi connectivity index (χ1) is 18.8. The Morgan fingerprint density at radius 1 is 0.526 bits per heavy atom. The molecule has 38 heavy (non-hydrogen) atoms. The maximum absolute atomic E-state index is 6.20. The van der Waals surface area contributed by atoms with E-state index in [4.69, 9.17) is 18.8 Å². The second-order valence-electron chi connectivity index (χ2n) is 9.51. The summed E-state index contributed by atoms with van der Waals surface area (Å²) in [7, 11) is 0. The van der Waals surface area contributed by atoms with Gasteiger partial charge in [-0.05, 0) is 65.7 Å².